The van der Waals surface area contributed by atoms with E-state index in [1.807, 2.05) is 48.5 Å². The lowest BCUT2D eigenvalue weighted by Gasteiger charge is -2.12. The first-order valence-corrected chi connectivity index (χ1v) is 9.37. The van der Waals surface area contributed by atoms with Crippen LogP contribution in [0.5, 0.6) is 5.75 Å². The Morgan fingerprint density at radius 2 is 2.00 bits per heavy atom. The summed E-state index contributed by atoms with van der Waals surface area (Å²) in [6.45, 7) is 0.851. The summed E-state index contributed by atoms with van der Waals surface area (Å²) in [7, 11) is 0. The molecule has 0 aliphatic heterocycles. The molecule has 0 bridgehead atoms. The molecule has 2 aromatic carbocycles. The molecule has 1 atom stereocenters. The number of aliphatic hydroxyl groups excluding tert-OH is 1. The monoisotopic (exact) mass is 399 g/mol. The standard InChI is InChI=1S/C21H22ClN3O3/c22-17-8-6-15(7-9-17)16-3-1-5-19(11-16)28-10-2-4-18(26)12-25-13-20(21(23)27)24-14-25/h1,3,5-9,11,13-14,18,26H,2,4,10,12H2,(H2,23,27). The van der Waals surface area contributed by atoms with E-state index >= 15 is 0 Å². The lowest BCUT2D eigenvalue weighted by Crippen LogP contribution is -2.16. The van der Waals surface area contributed by atoms with Crippen LogP contribution in [0.15, 0.2) is 61.1 Å². The molecule has 1 amide bonds. The number of carbonyl (C=O) groups is 1. The van der Waals surface area contributed by atoms with Gasteiger partial charge in [0.05, 0.1) is 19.0 Å². The van der Waals surface area contributed by atoms with Crippen LogP contribution in [0.2, 0.25) is 5.02 Å². The van der Waals surface area contributed by atoms with Gasteiger partial charge >= 0.3 is 0 Å². The molecule has 0 saturated carbocycles. The second kappa shape index (κ2) is 9.39. The molecule has 1 aromatic heterocycles. The molecule has 6 nitrogen and oxygen atoms in total. The molecule has 0 radical (unpaired) electrons. The number of aromatic nitrogens is 2. The number of rotatable bonds is 9. The lowest BCUT2D eigenvalue weighted by atomic mass is 10.1. The number of amides is 1. The number of imidazole rings is 1. The number of nitrogens with two attached hydrogens (primary N) is 1. The number of hydrogen-bond donors (Lipinski definition) is 2. The first-order valence-electron chi connectivity index (χ1n) is 9.00. The van der Waals surface area contributed by atoms with Gasteiger partial charge < -0.3 is 20.1 Å². The maximum absolute atomic E-state index is 11.0. The maximum Gasteiger partial charge on any atom is 0.268 e. The van der Waals surface area contributed by atoms with E-state index in [4.69, 9.17) is 22.1 Å². The van der Waals surface area contributed by atoms with Crippen molar-refractivity contribution in [2.24, 2.45) is 5.73 Å². The highest BCUT2D eigenvalue weighted by atomic mass is 35.5. The molecule has 3 N–H and O–H groups in total. The molecule has 0 aliphatic carbocycles. The van der Waals surface area contributed by atoms with E-state index in [9.17, 15) is 9.90 Å². The SMILES string of the molecule is NC(=O)c1cn(CC(O)CCCOc2cccc(-c3ccc(Cl)cc3)c2)cn1. The molecule has 0 aliphatic rings. The molecule has 3 rings (SSSR count). The Morgan fingerprint density at radius 1 is 1.21 bits per heavy atom. The van der Waals surface area contributed by atoms with E-state index in [0.29, 0.717) is 31.0 Å². The number of aliphatic hydroxyl groups is 1. The number of hydrogen-bond acceptors (Lipinski definition) is 4. The smallest absolute Gasteiger partial charge is 0.268 e. The molecule has 28 heavy (non-hydrogen) atoms. The van der Waals surface area contributed by atoms with Crippen LogP contribution in [0, 0.1) is 0 Å². The Kier molecular flexibility index (Phi) is 6.68. The van der Waals surface area contributed by atoms with Crippen molar-refractivity contribution in [2.45, 2.75) is 25.5 Å². The topological polar surface area (TPSA) is 90.4 Å². The molecule has 1 heterocycles. The average Bonchev–Trinajstić information content (AvgIpc) is 3.15. The van der Waals surface area contributed by atoms with E-state index < -0.39 is 12.0 Å². The summed E-state index contributed by atoms with van der Waals surface area (Å²) in [5.74, 6) is 0.199. The van der Waals surface area contributed by atoms with Crippen molar-refractivity contribution in [3.05, 3.63) is 71.8 Å². The summed E-state index contributed by atoms with van der Waals surface area (Å²) in [4.78, 5) is 14.9. The third-order valence-corrected chi connectivity index (χ3v) is 4.52. The van der Waals surface area contributed by atoms with Crippen molar-refractivity contribution in [3.63, 3.8) is 0 Å². The summed E-state index contributed by atoms with van der Waals surface area (Å²) in [5, 5.41) is 10.8. The van der Waals surface area contributed by atoms with Crippen LogP contribution in [0.25, 0.3) is 11.1 Å². The van der Waals surface area contributed by atoms with Gasteiger partial charge in [0.2, 0.25) is 0 Å². The fraction of sp³-hybridized carbons (Fsp3) is 0.238. The first-order chi connectivity index (χ1) is 13.5. The van der Waals surface area contributed by atoms with Gasteiger partial charge in [-0.2, -0.15) is 0 Å². The van der Waals surface area contributed by atoms with Crippen LogP contribution in [-0.2, 0) is 6.54 Å². The number of carbonyl (C=O) groups excluding carboxylic acids is 1. The van der Waals surface area contributed by atoms with Crippen LogP contribution in [0.4, 0.5) is 0 Å². The van der Waals surface area contributed by atoms with E-state index in [-0.39, 0.29) is 5.69 Å². The summed E-state index contributed by atoms with van der Waals surface area (Å²) < 4.78 is 7.46. The zero-order chi connectivity index (χ0) is 19.9. The molecular formula is C21H22ClN3O3. The van der Waals surface area contributed by atoms with Gasteiger partial charge in [0, 0.05) is 17.8 Å². The van der Waals surface area contributed by atoms with Gasteiger partial charge in [-0.3, -0.25) is 4.79 Å². The minimum Gasteiger partial charge on any atom is -0.494 e. The number of nitrogens with zero attached hydrogens (tertiary/aromatic N) is 2. The van der Waals surface area contributed by atoms with Gasteiger partial charge in [-0.05, 0) is 48.2 Å². The van der Waals surface area contributed by atoms with Crippen LogP contribution >= 0.6 is 11.6 Å². The van der Waals surface area contributed by atoms with Crippen LogP contribution in [0.1, 0.15) is 23.3 Å². The van der Waals surface area contributed by atoms with Crippen LogP contribution in [0.3, 0.4) is 0 Å². The predicted octanol–water partition coefficient (Wildman–Crippen LogP) is 3.52. The molecule has 3 aromatic rings. The van der Waals surface area contributed by atoms with Crippen LogP contribution < -0.4 is 10.5 Å². The van der Waals surface area contributed by atoms with Gasteiger partial charge in [-0.1, -0.05) is 35.9 Å². The highest BCUT2D eigenvalue weighted by Gasteiger charge is 2.09. The fourth-order valence-electron chi connectivity index (χ4n) is 2.84. The molecule has 0 fully saturated rings. The van der Waals surface area contributed by atoms with E-state index in [2.05, 4.69) is 4.98 Å². The zero-order valence-electron chi connectivity index (χ0n) is 15.3. The number of halogens is 1. The van der Waals surface area contributed by atoms with Crippen molar-refractivity contribution in [2.75, 3.05) is 6.61 Å². The van der Waals surface area contributed by atoms with Gasteiger partial charge in [0.25, 0.3) is 5.91 Å². The lowest BCUT2D eigenvalue weighted by molar-refractivity contribution is 0.0995. The predicted molar refractivity (Wildman–Crippen MR) is 108 cm³/mol. The summed E-state index contributed by atoms with van der Waals surface area (Å²) >= 11 is 5.94. The Hall–Kier alpha value is -2.83. The molecule has 1 unspecified atom stereocenters. The third-order valence-electron chi connectivity index (χ3n) is 4.27. The number of primary amides is 1. The second-order valence-corrected chi connectivity index (χ2v) is 6.94. The van der Waals surface area contributed by atoms with Crippen molar-refractivity contribution in [1.29, 1.82) is 0 Å². The minimum absolute atomic E-state index is 0.191. The minimum atomic E-state index is -0.581. The fourth-order valence-corrected chi connectivity index (χ4v) is 2.96. The first kappa shape index (κ1) is 19.9. The highest BCUT2D eigenvalue weighted by molar-refractivity contribution is 6.30. The van der Waals surface area contributed by atoms with E-state index in [0.717, 1.165) is 16.9 Å². The van der Waals surface area contributed by atoms with E-state index in [1.165, 1.54) is 12.5 Å². The van der Waals surface area contributed by atoms with Crippen molar-refractivity contribution in [1.82, 2.24) is 9.55 Å². The van der Waals surface area contributed by atoms with E-state index in [1.54, 1.807) is 4.57 Å². The van der Waals surface area contributed by atoms with Gasteiger partial charge in [-0.25, -0.2) is 4.98 Å². The average molecular weight is 400 g/mol. The largest absolute Gasteiger partial charge is 0.494 e. The molecular weight excluding hydrogens is 378 g/mol. The highest BCUT2D eigenvalue weighted by Crippen LogP contribution is 2.25. The van der Waals surface area contributed by atoms with Crippen molar-refractivity contribution < 1.29 is 14.6 Å². The molecule has 7 heteroatoms. The maximum atomic E-state index is 11.0. The quantitative estimate of drug-likeness (QED) is 0.538. The van der Waals surface area contributed by atoms with Crippen LogP contribution in [-0.4, -0.2) is 33.3 Å². The van der Waals surface area contributed by atoms with Gasteiger partial charge in [-0.15, -0.1) is 0 Å². The Bertz CT molecular complexity index is 925. The van der Waals surface area contributed by atoms with Crippen molar-refractivity contribution >= 4 is 17.5 Å². The van der Waals surface area contributed by atoms with Crippen molar-refractivity contribution in [3.8, 4) is 16.9 Å². The number of ether oxygens (including phenoxy) is 1. The summed E-state index contributed by atoms with van der Waals surface area (Å²) in [6, 6.07) is 15.5. The Morgan fingerprint density at radius 3 is 2.71 bits per heavy atom. The third kappa shape index (κ3) is 5.58. The molecule has 0 spiro atoms. The Labute approximate surface area is 168 Å². The second-order valence-electron chi connectivity index (χ2n) is 6.50. The summed E-state index contributed by atoms with van der Waals surface area (Å²) in [6.07, 6.45) is 3.73. The zero-order valence-corrected chi connectivity index (χ0v) is 16.0. The normalized spacial score (nSPS) is 11.9. The summed E-state index contributed by atoms with van der Waals surface area (Å²) in [5.41, 5.74) is 7.48. The molecule has 0 saturated heterocycles. The molecule has 146 valence electrons. The van der Waals surface area contributed by atoms with Gasteiger partial charge in [0.15, 0.2) is 0 Å². The van der Waals surface area contributed by atoms with Gasteiger partial charge in [0.1, 0.15) is 11.4 Å². The number of benzene rings is 2. The Balaban J connectivity index is 1.45.